The molecule has 0 aliphatic heterocycles. The second-order valence-electron chi connectivity index (χ2n) is 9.40. The van der Waals surface area contributed by atoms with Crippen molar-refractivity contribution in [1.29, 1.82) is 0 Å². The van der Waals surface area contributed by atoms with E-state index in [1.165, 1.54) is 4.90 Å². The molecule has 38 heavy (non-hydrogen) atoms. The lowest BCUT2D eigenvalue weighted by atomic mass is 9.95. The maximum atomic E-state index is 12.7. The van der Waals surface area contributed by atoms with Crippen molar-refractivity contribution in [2.75, 3.05) is 20.3 Å². The smallest absolute Gasteiger partial charge is 0.410 e. The Morgan fingerprint density at radius 3 is 2.37 bits per heavy atom. The summed E-state index contributed by atoms with van der Waals surface area (Å²) in [5.74, 6) is 0.929. The number of amides is 1. The zero-order valence-electron chi connectivity index (χ0n) is 21.8. The lowest BCUT2D eigenvalue weighted by molar-refractivity contribution is -0.138. The number of hydrogen-bond acceptors (Lipinski definition) is 7. The van der Waals surface area contributed by atoms with E-state index in [2.05, 4.69) is 4.98 Å². The van der Waals surface area contributed by atoms with Crippen LogP contribution in [-0.4, -0.2) is 59.5 Å². The van der Waals surface area contributed by atoms with Gasteiger partial charge in [-0.05, 0) is 62.4 Å². The molecular formula is C29H34N2O7. The quantitative estimate of drug-likeness (QED) is 0.363. The summed E-state index contributed by atoms with van der Waals surface area (Å²) in [6, 6.07) is 17.0. The van der Waals surface area contributed by atoms with Gasteiger partial charge < -0.3 is 23.7 Å². The highest BCUT2D eigenvalue weighted by atomic mass is 16.6. The first-order valence-corrected chi connectivity index (χ1v) is 12.8. The van der Waals surface area contributed by atoms with Crippen LogP contribution in [0.25, 0.3) is 11.5 Å². The fraction of sp³-hybridized carbons (Fsp3) is 0.414. The molecule has 1 saturated carbocycles. The van der Waals surface area contributed by atoms with Crippen LogP contribution >= 0.6 is 0 Å². The van der Waals surface area contributed by atoms with Crippen molar-refractivity contribution in [3.8, 4) is 17.2 Å². The van der Waals surface area contributed by atoms with E-state index in [0.29, 0.717) is 37.5 Å². The second kappa shape index (κ2) is 13.1. The van der Waals surface area contributed by atoms with Gasteiger partial charge in [0.15, 0.2) is 0 Å². The van der Waals surface area contributed by atoms with Gasteiger partial charge in [-0.2, -0.15) is 0 Å². The predicted molar refractivity (Wildman–Crippen MR) is 140 cm³/mol. The third kappa shape index (κ3) is 7.58. The van der Waals surface area contributed by atoms with E-state index in [1.54, 1.807) is 19.2 Å². The summed E-state index contributed by atoms with van der Waals surface area (Å²) in [7, 11) is 1.68. The molecule has 0 atom stereocenters. The number of carbonyl (C=O) groups excluding carboxylic acids is 1. The first kappa shape index (κ1) is 27.2. The van der Waals surface area contributed by atoms with Crippen LogP contribution in [0.2, 0.25) is 0 Å². The largest absolute Gasteiger partial charge is 0.493 e. The van der Waals surface area contributed by atoms with Crippen LogP contribution in [0.3, 0.4) is 0 Å². The third-order valence-corrected chi connectivity index (χ3v) is 6.62. The molecule has 1 fully saturated rings. The summed E-state index contributed by atoms with van der Waals surface area (Å²) < 4.78 is 22.6. The number of aromatic nitrogens is 1. The van der Waals surface area contributed by atoms with E-state index in [9.17, 15) is 14.7 Å². The van der Waals surface area contributed by atoms with E-state index in [0.717, 1.165) is 35.4 Å². The summed E-state index contributed by atoms with van der Waals surface area (Å²) in [6.07, 6.45) is 2.99. The van der Waals surface area contributed by atoms with Gasteiger partial charge in [-0.1, -0.05) is 30.3 Å². The maximum Gasteiger partial charge on any atom is 0.410 e. The number of nitrogens with zero attached hydrogens (tertiary/aromatic N) is 2. The summed E-state index contributed by atoms with van der Waals surface area (Å²) >= 11 is 0. The lowest BCUT2D eigenvalue weighted by Gasteiger charge is -2.29. The fourth-order valence-corrected chi connectivity index (χ4v) is 4.49. The number of benzene rings is 2. The van der Waals surface area contributed by atoms with Crippen LogP contribution in [0.4, 0.5) is 4.79 Å². The number of oxazole rings is 1. The van der Waals surface area contributed by atoms with Crippen molar-refractivity contribution in [2.45, 2.75) is 57.8 Å². The molecule has 1 N–H and O–H groups in total. The lowest BCUT2D eigenvalue weighted by Crippen LogP contribution is -2.38. The number of carboxylic acids is 1. The van der Waals surface area contributed by atoms with Crippen LogP contribution in [-0.2, 0) is 27.2 Å². The van der Waals surface area contributed by atoms with Crippen LogP contribution in [0.5, 0.6) is 5.75 Å². The van der Waals surface area contributed by atoms with Gasteiger partial charge in [0.05, 0.1) is 18.4 Å². The minimum atomic E-state index is -1.09. The molecule has 9 nitrogen and oxygen atoms in total. The van der Waals surface area contributed by atoms with Crippen molar-refractivity contribution < 1.29 is 33.3 Å². The van der Waals surface area contributed by atoms with Gasteiger partial charge in [0, 0.05) is 25.6 Å². The molecule has 0 unspecified atom stereocenters. The first-order valence-electron chi connectivity index (χ1n) is 12.8. The molecule has 0 spiro atoms. The second-order valence-corrected chi connectivity index (χ2v) is 9.40. The van der Waals surface area contributed by atoms with E-state index in [4.69, 9.17) is 18.6 Å². The standard InChI is InChI=1S/C29H34N2O7/c1-20-26(30-28(37-20)22-6-4-3-5-7-22)16-17-36-24-10-8-21(9-11-24)18-31(19-27(32)33)29(34)38-25-14-12-23(35-2)13-15-25/h3-11,23,25H,12-19H2,1-2H3,(H,32,33). The number of methoxy groups -OCH3 is 1. The average Bonchev–Trinajstić information content (AvgIpc) is 3.30. The Labute approximate surface area is 222 Å². The van der Waals surface area contributed by atoms with Gasteiger partial charge in [-0.25, -0.2) is 9.78 Å². The summed E-state index contributed by atoms with van der Waals surface area (Å²) in [4.78, 5) is 29.9. The minimum absolute atomic E-state index is 0.124. The fourth-order valence-electron chi connectivity index (χ4n) is 4.49. The molecule has 1 amide bonds. The highest BCUT2D eigenvalue weighted by Gasteiger charge is 2.27. The molecule has 0 bridgehead atoms. The highest BCUT2D eigenvalue weighted by Crippen LogP contribution is 2.25. The summed E-state index contributed by atoms with van der Waals surface area (Å²) in [5.41, 5.74) is 2.55. The predicted octanol–water partition coefficient (Wildman–Crippen LogP) is 5.25. The molecule has 2 aromatic carbocycles. The molecule has 0 radical (unpaired) electrons. The van der Waals surface area contributed by atoms with E-state index in [1.807, 2.05) is 49.4 Å². The van der Waals surface area contributed by atoms with Crippen molar-refractivity contribution in [1.82, 2.24) is 9.88 Å². The van der Waals surface area contributed by atoms with Crippen molar-refractivity contribution in [2.24, 2.45) is 0 Å². The number of ether oxygens (including phenoxy) is 3. The highest BCUT2D eigenvalue weighted by molar-refractivity contribution is 5.76. The Hall–Kier alpha value is -3.85. The molecule has 4 rings (SSSR count). The van der Waals surface area contributed by atoms with Crippen LogP contribution in [0.1, 0.15) is 42.7 Å². The van der Waals surface area contributed by atoms with Crippen molar-refractivity contribution in [3.05, 3.63) is 71.6 Å². The Bertz CT molecular complexity index is 1190. The Morgan fingerprint density at radius 1 is 1.03 bits per heavy atom. The van der Waals surface area contributed by atoms with Crippen molar-refractivity contribution >= 4 is 12.1 Å². The summed E-state index contributed by atoms with van der Waals surface area (Å²) in [6.45, 7) is 2.00. The summed E-state index contributed by atoms with van der Waals surface area (Å²) in [5, 5.41) is 9.31. The van der Waals surface area contributed by atoms with E-state index < -0.39 is 18.6 Å². The number of carbonyl (C=O) groups is 2. The molecule has 1 aromatic heterocycles. The Balaban J connectivity index is 1.28. The average molecular weight is 523 g/mol. The van der Waals surface area contributed by atoms with Gasteiger partial charge in [0.1, 0.15) is 24.2 Å². The molecule has 1 heterocycles. The van der Waals surface area contributed by atoms with Gasteiger partial charge in [-0.15, -0.1) is 0 Å². The van der Waals surface area contributed by atoms with Crippen molar-refractivity contribution in [3.63, 3.8) is 0 Å². The monoisotopic (exact) mass is 522 g/mol. The molecule has 1 aliphatic carbocycles. The zero-order valence-corrected chi connectivity index (χ0v) is 21.8. The number of aliphatic carboxylic acids is 1. The molecule has 3 aromatic rings. The molecule has 202 valence electrons. The van der Waals surface area contributed by atoms with E-state index >= 15 is 0 Å². The number of hydrogen-bond donors (Lipinski definition) is 1. The number of aryl methyl sites for hydroxylation is 1. The number of carboxylic acid groups (broad SMARTS) is 1. The molecular weight excluding hydrogens is 488 g/mol. The molecule has 9 heteroatoms. The normalized spacial score (nSPS) is 17.1. The zero-order chi connectivity index (χ0) is 26.9. The Morgan fingerprint density at radius 2 is 1.71 bits per heavy atom. The molecule has 1 aliphatic rings. The first-order chi connectivity index (χ1) is 18.4. The van der Waals surface area contributed by atoms with Gasteiger partial charge in [0.25, 0.3) is 0 Å². The SMILES string of the molecule is COC1CCC(OC(=O)N(CC(=O)O)Cc2ccc(OCCc3nc(-c4ccccc4)oc3C)cc2)CC1. The van der Waals surface area contributed by atoms with E-state index in [-0.39, 0.29) is 18.8 Å². The van der Waals surface area contributed by atoms with Crippen LogP contribution < -0.4 is 4.74 Å². The Kier molecular flexibility index (Phi) is 9.37. The number of rotatable bonds is 11. The third-order valence-electron chi connectivity index (χ3n) is 6.62. The molecule has 0 saturated heterocycles. The van der Waals surface area contributed by atoms with Gasteiger partial charge >= 0.3 is 12.1 Å². The minimum Gasteiger partial charge on any atom is -0.493 e. The van der Waals surface area contributed by atoms with Gasteiger partial charge in [0.2, 0.25) is 5.89 Å². The van der Waals surface area contributed by atoms with Crippen LogP contribution in [0, 0.1) is 6.92 Å². The maximum absolute atomic E-state index is 12.7. The topological polar surface area (TPSA) is 111 Å². The van der Waals surface area contributed by atoms with Crippen LogP contribution in [0.15, 0.2) is 59.0 Å². The van der Waals surface area contributed by atoms with Gasteiger partial charge in [-0.3, -0.25) is 9.69 Å².